The van der Waals surface area contributed by atoms with E-state index in [1.807, 2.05) is 43.3 Å². The quantitative estimate of drug-likeness (QED) is 0.298. The average Bonchev–Trinajstić information content (AvgIpc) is 3.17. The minimum Gasteiger partial charge on any atom is -0.493 e. The molecule has 1 N–H and O–H groups in total. The Labute approximate surface area is 174 Å². The van der Waals surface area contributed by atoms with Gasteiger partial charge in [-0.15, -0.1) is 0 Å². The van der Waals surface area contributed by atoms with Crippen molar-refractivity contribution >= 4 is 21.9 Å². The van der Waals surface area contributed by atoms with E-state index < -0.39 is 0 Å². The summed E-state index contributed by atoms with van der Waals surface area (Å²) < 4.78 is 22.5. The van der Waals surface area contributed by atoms with Gasteiger partial charge in [-0.2, -0.15) is 0 Å². The van der Waals surface area contributed by atoms with E-state index in [9.17, 15) is 4.79 Å². The second-order valence-electron chi connectivity index (χ2n) is 7.01. The Kier molecular flexibility index (Phi) is 6.35. The molecule has 0 bridgehead atoms. The zero-order chi connectivity index (χ0) is 20.8. The molecule has 6 heteroatoms. The lowest BCUT2D eigenvalue weighted by Crippen LogP contribution is -2.15. The van der Waals surface area contributed by atoms with Crippen LogP contribution in [0.1, 0.15) is 25.5 Å². The van der Waals surface area contributed by atoms with Crippen LogP contribution in [0.3, 0.4) is 0 Å². The molecule has 2 aromatic carbocycles. The number of furan rings is 1. The van der Waals surface area contributed by atoms with Crippen molar-refractivity contribution in [3.63, 3.8) is 0 Å². The Morgan fingerprint density at radius 1 is 0.933 bits per heavy atom. The fraction of sp³-hybridized carbons (Fsp3) is 0.292. The number of hydrogen-bond acceptors (Lipinski definition) is 6. The van der Waals surface area contributed by atoms with E-state index in [1.165, 1.54) is 6.07 Å². The van der Waals surface area contributed by atoms with E-state index in [2.05, 4.69) is 5.32 Å². The number of fused-ring (bicyclic) bond motifs is 2. The number of hydrogen-bond donors (Lipinski definition) is 1. The predicted octanol–water partition coefficient (Wildman–Crippen LogP) is 4.89. The van der Waals surface area contributed by atoms with E-state index in [0.29, 0.717) is 31.1 Å². The van der Waals surface area contributed by atoms with Crippen LogP contribution in [0.2, 0.25) is 0 Å². The number of nitrogens with one attached hydrogen (secondary N) is 1. The molecule has 0 atom stereocenters. The van der Waals surface area contributed by atoms with Crippen LogP contribution in [0.5, 0.6) is 11.5 Å². The summed E-state index contributed by atoms with van der Waals surface area (Å²) in [6.07, 6.45) is 1.89. The van der Waals surface area contributed by atoms with Gasteiger partial charge < -0.3 is 23.6 Å². The SMILES string of the molecule is CCOc1cccc2cc(CNCCCCOc3ccc4ccc(=O)oc4c3)oc12. The summed E-state index contributed by atoms with van der Waals surface area (Å²) in [6.45, 7) is 4.72. The minimum atomic E-state index is -0.357. The molecule has 0 aliphatic heterocycles. The van der Waals surface area contributed by atoms with E-state index in [-0.39, 0.29) is 5.63 Å². The Hall–Kier alpha value is -3.25. The first-order valence-electron chi connectivity index (χ1n) is 10.2. The summed E-state index contributed by atoms with van der Waals surface area (Å²) in [7, 11) is 0. The standard InChI is InChI=1S/C24H25NO5/c1-2-27-21-7-5-6-18-14-20(29-24(18)21)16-25-12-3-4-13-28-19-10-8-17-9-11-23(26)30-22(17)15-19/h5-11,14-15,25H,2-4,12-13,16H2,1H3. The van der Waals surface area contributed by atoms with Crippen LogP contribution in [0.25, 0.3) is 21.9 Å². The van der Waals surface area contributed by atoms with Gasteiger partial charge in [0.05, 0.1) is 19.8 Å². The lowest BCUT2D eigenvalue weighted by molar-refractivity contribution is 0.305. The second kappa shape index (κ2) is 9.50. The lowest BCUT2D eigenvalue weighted by Gasteiger charge is -2.07. The predicted molar refractivity (Wildman–Crippen MR) is 116 cm³/mol. The van der Waals surface area contributed by atoms with Crippen LogP contribution in [0.15, 0.2) is 68.2 Å². The van der Waals surface area contributed by atoms with Gasteiger partial charge in [0.1, 0.15) is 17.1 Å². The zero-order valence-electron chi connectivity index (χ0n) is 17.0. The highest BCUT2D eigenvalue weighted by atomic mass is 16.5. The van der Waals surface area contributed by atoms with Crippen molar-refractivity contribution < 1.29 is 18.3 Å². The second-order valence-corrected chi connectivity index (χ2v) is 7.01. The van der Waals surface area contributed by atoms with Gasteiger partial charge in [-0.3, -0.25) is 0 Å². The monoisotopic (exact) mass is 407 g/mol. The van der Waals surface area contributed by atoms with Crippen molar-refractivity contribution in [2.24, 2.45) is 0 Å². The highest BCUT2D eigenvalue weighted by Gasteiger charge is 2.08. The normalized spacial score (nSPS) is 11.2. The number of benzene rings is 2. The molecule has 2 heterocycles. The Morgan fingerprint density at radius 2 is 1.83 bits per heavy atom. The van der Waals surface area contributed by atoms with Gasteiger partial charge in [-0.1, -0.05) is 12.1 Å². The van der Waals surface area contributed by atoms with Gasteiger partial charge in [0.15, 0.2) is 11.3 Å². The van der Waals surface area contributed by atoms with Crippen LogP contribution in [-0.2, 0) is 6.54 Å². The summed E-state index contributed by atoms with van der Waals surface area (Å²) in [6, 6.07) is 16.7. The molecule has 156 valence electrons. The molecule has 4 rings (SSSR count). The van der Waals surface area contributed by atoms with Crippen molar-refractivity contribution in [2.45, 2.75) is 26.3 Å². The molecule has 0 unspecified atom stereocenters. The molecule has 0 fully saturated rings. The topological polar surface area (TPSA) is 73.8 Å². The third-order valence-electron chi connectivity index (χ3n) is 4.77. The number of ether oxygens (including phenoxy) is 2. The molecule has 4 aromatic rings. The smallest absolute Gasteiger partial charge is 0.336 e. The van der Waals surface area contributed by atoms with Gasteiger partial charge in [-0.05, 0) is 56.6 Å². The van der Waals surface area contributed by atoms with Crippen LogP contribution < -0.4 is 20.4 Å². The third-order valence-corrected chi connectivity index (χ3v) is 4.77. The van der Waals surface area contributed by atoms with Crippen molar-refractivity contribution in [3.05, 3.63) is 70.8 Å². The summed E-state index contributed by atoms with van der Waals surface area (Å²) >= 11 is 0. The first-order valence-corrected chi connectivity index (χ1v) is 10.2. The Balaban J connectivity index is 1.19. The fourth-order valence-corrected chi connectivity index (χ4v) is 3.33. The zero-order valence-corrected chi connectivity index (χ0v) is 17.0. The van der Waals surface area contributed by atoms with Gasteiger partial charge in [0.2, 0.25) is 0 Å². The maximum Gasteiger partial charge on any atom is 0.336 e. The first-order chi connectivity index (χ1) is 14.7. The molecule has 0 saturated heterocycles. The highest BCUT2D eigenvalue weighted by Crippen LogP contribution is 2.28. The fourth-order valence-electron chi connectivity index (χ4n) is 3.33. The van der Waals surface area contributed by atoms with Crippen molar-refractivity contribution in [2.75, 3.05) is 19.8 Å². The maximum absolute atomic E-state index is 11.3. The average molecular weight is 407 g/mol. The van der Waals surface area contributed by atoms with E-state index >= 15 is 0 Å². The molecule has 0 amide bonds. The van der Waals surface area contributed by atoms with Gasteiger partial charge >= 0.3 is 5.63 Å². The highest BCUT2D eigenvalue weighted by molar-refractivity contribution is 5.83. The van der Waals surface area contributed by atoms with Crippen molar-refractivity contribution in [3.8, 4) is 11.5 Å². The maximum atomic E-state index is 11.3. The minimum absolute atomic E-state index is 0.357. The number of unbranched alkanes of at least 4 members (excludes halogenated alkanes) is 1. The van der Waals surface area contributed by atoms with Crippen LogP contribution in [-0.4, -0.2) is 19.8 Å². The molecule has 30 heavy (non-hydrogen) atoms. The molecule has 0 aliphatic rings. The molecule has 2 aromatic heterocycles. The molecule has 0 aliphatic carbocycles. The largest absolute Gasteiger partial charge is 0.493 e. The van der Waals surface area contributed by atoms with Gasteiger partial charge in [-0.25, -0.2) is 4.79 Å². The molecule has 0 saturated carbocycles. The molecule has 0 radical (unpaired) electrons. The summed E-state index contributed by atoms with van der Waals surface area (Å²) in [5.41, 5.74) is 0.986. The van der Waals surface area contributed by atoms with E-state index in [0.717, 1.165) is 47.3 Å². The summed E-state index contributed by atoms with van der Waals surface area (Å²) in [4.78, 5) is 11.3. The molecule has 6 nitrogen and oxygen atoms in total. The summed E-state index contributed by atoms with van der Waals surface area (Å²) in [5, 5.41) is 5.34. The van der Waals surface area contributed by atoms with Crippen molar-refractivity contribution in [1.82, 2.24) is 5.32 Å². The third kappa shape index (κ3) is 4.83. The van der Waals surface area contributed by atoms with Crippen LogP contribution >= 0.6 is 0 Å². The Morgan fingerprint density at radius 3 is 2.73 bits per heavy atom. The van der Waals surface area contributed by atoms with Crippen molar-refractivity contribution in [1.29, 1.82) is 0 Å². The van der Waals surface area contributed by atoms with Crippen LogP contribution in [0, 0.1) is 0 Å². The molecule has 0 spiro atoms. The Bertz CT molecular complexity index is 1180. The first kappa shape index (κ1) is 20.0. The van der Waals surface area contributed by atoms with Gasteiger partial charge in [0, 0.05) is 22.9 Å². The van der Waals surface area contributed by atoms with E-state index in [4.69, 9.17) is 18.3 Å². The van der Waals surface area contributed by atoms with E-state index in [1.54, 1.807) is 12.1 Å². The van der Waals surface area contributed by atoms with Gasteiger partial charge in [0.25, 0.3) is 0 Å². The van der Waals surface area contributed by atoms with Crippen LogP contribution in [0.4, 0.5) is 0 Å². The lowest BCUT2D eigenvalue weighted by atomic mass is 10.2. The molecular weight excluding hydrogens is 382 g/mol. The number of rotatable bonds is 10. The molecular formula is C24H25NO5. The number of para-hydroxylation sites is 1. The summed E-state index contributed by atoms with van der Waals surface area (Å²) in [5.74, 6) is 2.38.